The molecule has 16 heteroatoms. The number of benzene rings is 1. The van der Waals surface area contributed by atoms with E-state index < -0.39 is 51.0 Å². The molecule has 4 aromatic rings. The summed E-state index contributed by atoms with van der Waals surface area (Å²) >= 11 is 0. The Labute approximate surface area is 255 Å². The molecule has 0 radical (unpaired) electrons. The van der Waals surface area contributed by atoms with Crippen LogP contribution in [0.5, 0.6) is 5.88 Å². The highest BCUT2D eigenvalue weighted by Gasteiger charge is 2.37. The van der Waals surface area contributed by atoms with Crippen LogP contribution in [0.3, 0.4) is 0 Å². The molecule has 0 saturated heterocycles. The summed E-state index contributed by atoms with van der Waals surface area (Å²) in [5.74, 6) is -4.29. The lowest BCUT2D eigenvalue weighted by Crippen LogP contribution is -2.33. The molecule has 0 saturated carbocycles. The lowest BCUT2D eigenvalue weighted by atomic mass is 9.85. The summed E-state index contributed by atoms with van der Waals surface area (Å²) in [6.07, 6.45) is -2.81. The second-order valence-electron chi connectivity index (χ2n) is 10.6. The first-order valence-corrected chi connectivity index (χ1v) is 15.3. The molecular formula is C29H29F4N5O6S. The lowest BCUT2D eigenvalue weighted by molar-refractivity contribution is -0.145. The van der Waals surface area contributed by atoms with Gasteiger partial charge >= 0.3 is 12.1 Å². The van der Waals surface area contributed by atoms with Crippen molar-refractivity contribution in [3.8, 4) is 5.88 Å². The number of aliphatic carboxylic acids is 1. The van der Waals surface area contributed by atoms with Crippen LogP contribution < -0.4 is 4.74 Å². The molecule has 45 heavy (non-hydrogen) atoms. The maximum atomic E-state index is 14.2. The largest absolute Gasteiger partial charge is 0.481 e. The van der Waals surface area contributed by atoms with Crippen LogP contribution in [0.1, 0.15) is 52.4 Å². The molecule has 0 spiro atoms. The molecule has 0 bridgehead atoms. The fourth-order valence-corrected chi connectivity index (χ4v) is 6.84. The van der Waals surface area contributed by atoms with Gasteiger partial charge in [0.1, 0.15) is 17.3 Å². The number of halogens is 4. The van der Waals surface area contributed by atoms with Crippen LogP contribution in [0.15, 0.2) is 47.6 Å². The predicted octanol–water partition coefficient (Wildman–Crippen LogP) is 4.50. The molecule has 11 nitrogen and oxygen atoms in total. The highest BCUT2D eigenvalue weighted by atomic mass is 32.2. The number of carbonyl (C=O) groups is 1. The normalized spacial score (nSPS) is 16.8. The first-order chi connectivity index (χ1) is 21.3. The molecule has 1 N–H and O–H groups in total. The minimum absolute atomic E-state index is 0.0186. The zero-order valence-corrected chi connectivity index (χ0v) is 25.0. The van der Waals surface area contributed by atoms with Crippen LogP contribution in [-0.2, 0) is 32.3 Å². The first-order valence-electron chi connectivity index (χ1n) is 13.9. The number of ether oxygens (including phenoxy) is 2. The summed E-state index contributed by atoms with van der Waals surface area (Å²) in [6.45, 7) is 3.61. The van der Waals surface area contributed by atoms with E-state index in [2.05, 4.69) is 15.2 Å². The van der Waals surface area contributed by atoms with Crippen molar-refractivity contribution < 1.29 is 45.4 Å². The lowest BCUT2D eigenvalue weighted by Gasteiger charge is -2.25. The highest BCUT2D eigenvalue weighted by molar-refractivity contribution is 7.89. The smallest absolute Gasteiger partial charge is 0.452 e. The summed E-state index contributed by atoms with van der Waals surface area (Å²) in [5.41, 5.74) is 2.40. The monoisotopic (exact) mass is 651 g/mol. The minimum Gasteiger partial charge on any atom is -0.481 e. The zero-order valence-electron chi connectivity index (χ0n) is 24.2. The van der Waals surface area contributed by atoms with Gasteiger partial charge in [-0.05, 0) is 54.2 Å². The molecule has 1 aliphatic rings. The molecule has 1 aliphatic heterocycles. The average Bonchev–Trinajstić information content (AvgIpc) is 3.42. The molecule has 0 fully saturated rings. The van der Waals surface area contributed by atoms with Gasteiger partial charge in [-0.2, -0.15) is 17.5 Å². The van der Waals surface area contributed by atoms with Crippen LogP contribution in [0, 0.1) is 19.7 Å². The number of carboxylic acid groups (broad SMARTS) is 1. The third-order valence-electron chi connectivity index (χ3n) is 7.56. The summed E-state index contributed by atoms with van der Waals surface area (Å²) in [7, 11) is -4.33. The predicted molar refractivity (Wildman–Crippen MR) is 151 cm³/mol. The standard InChI is InChI=1S/C29H29F4N5O6S/c1-17-4-5-19(23(14-25(39)40)22-6-8-38-26(18(22)2)35-36-28(38)29(31,32)33)12-20(17)16-37-7-3-9-43-10-11-44-27-24(45(37,41)42)13-21(30)15-34-27/h4-6,8,12-13,15,23H,3,7,9-11,14,16H2,1-2H3,(H,39,40)/t23-/m0/s1. The number of aromatic nitrogens is 4. The summed E-state index contributed by atoms with van der Waals surface area (Å²) in [5, 5.41) is 16.8. The Kier molecular flexibility index (Phi) is 9.09. The topological polar surface area (TPSA) is 136 Å². The number of aryl methyl sites for hydroxylation is 2. The number of pyridine rings is 2. The van der Waals surface area contributed by atoms with Gasteiger partial charge in [-0.25, -0.2) is 17.8 Å². The fourth-order valence-electron chi connectivity index (χ4n) is 5.29. The maximum absolute atomic E-state index is 14.2. The molecular weight excluding hydrogens is 622 g/mol. The molecule has 5 rings (SSSR count). The zero-order chi connectivity index (χ0) is 32.5. The Balaban J connectivity index is 1.56. The Morgan fingerprint density at radius 2 is 1.89 bits per heavy atom. The van der Waals surface area contributed by atoms with Crippen molar-refractivity contribution in [2.24, 2.45) is 0 Å². The van der Waals surface area contributed by atoms with Crippen LogP contribution in [0.4, 0.5) is 17.6 Å². The molecule has 0 unspecified atom stereocenters. The Hall–Kier alpha value is -4.15. The van der Waals surface area contributed by atoms with Gasteiger partial charge in [-0.3, -0.25) is 9.20 Å². The van der Waals surface area contributed by atoms with Crippen LogP contribution in [-0.4, -0.2) is 69.7 Å². The number of rotatable bonds is 6. The van der Waals surface area contributed by atoms with E-state index in [4.69, 9.17) is 9.47 Å². The molecule has 4 heterocycles. The van der Waals surface area contributed by atoms with Gasteiger partial charge in [0, 0.05) is 37.9 Å². The number of sulfonamides is 1. The SMILES string of the molecule is Cc1ccc([C@H](CC(=O)O)c2ccn3c(C(F)(F)F)nnc3c2C)cc1CN1CCCOCCOc2ncc(F)cc2S1(=O)=O. The Bertz CT molecular complexity index is 1850. The second-order valence-corrected chi connectivity index (χ2v) is 12.5. The minimum atomic E-state index is -4.75. The number of fused-ring (bicyclic) bond motifs is 2. The molecule has 240 valence electrons. The molecule has 1 atom stereocenters. The van der Waals surface area contributed by atoms with Crippen molar-refractivity contribution in [2.45, 2.75) is 50.2 Å². The molecule has 3 aromatic heterocycles. The van der Waals surface area contributed by atoms with Gasteiger partial charge < -0.3 is 14.6 Å². The van der Waals surface area contributed by atoms with E-state index >= 15 is 0 Å². The Morgan fingerprint density at radius 3 is 2.62 bits per heavy atom. The van der Waals surface area contributed by atoms with E-state index in [1.807, 2.05) is 0 Å². The summed E-state index contributed by atoms with van der Waals surface area (Å²) in [6, 6.07) is 7.34. The first kappa shape index (κ1) is 32.2. The number of alkyl halides is 3. The van der Waals surface area contributed by atoms with Gasteiger partial charge in [-0.15, -0.1) is 10.2 Å². The van der Waals surface area contributed by atoms with E-state index in [1.165, 1.54) is 6.07 Å². The van der Waals surface area contributed by atoms with E-state index in [9.17, 15) is 35.9 Å². The quantitative estimate of drug-likeness (QED) is 0.299. The van der Waals surface area contributed by atoms with E-state index in [-0.39, 0.29) is 44.4 Å². The van der Waals surface area contributed by atoms with Crippen LogP contribution >= 0.6 is 0 Å². The molecule has 1 aromatic carbocycles. The van der Waals surface area contributed by atoms with Gasteiger partial charge in [0.2, 0.25) is 21.7 Å². The van der Waals surface area contributed by atoms with Crippen molar-refractivity contribution in [3.63, 3.8) is 0 Å². The average molecular weight is 652 g/mol. The second kappa shape index (κ2) is 12.7. The fraction of sp³-hybridized carbons (Fsp3) is 0.379. The number of hydrogen-bond acceptors (Lipinski definition) is 8. The highest BCUT2D eigenvalue weighted by Crippen LogP contribution is 2.36. The van der Waals surface area contributed by atoms with Crippen molar-refractivity contribution in [1.29, 1.82) is 0 Å². The summed E-state index contributed by atoms with van der Waals surface area (Å²) < 4.78 is 95.2. The van der Waals surface area contributed by atoms with Crippen molar-refractivity contribution in [2.75, 3.05) is 26.4 Å². The van der Waals surface area contributed by atoms with Crippen molar-refractivity contribution in [3.05, 3.63) is 82.2 Å². The van der Waals surface area contributed by atoms with Crippen LogP contribution in [0.2, 0.25) is 0 Å². The summed E-state index contributed by atoms with van der Waals surface area (Å²) in [4.78, 5) is 15.4. The van der Waals surface area contributed by atoms with Crippen molar-refractivity contribution in [1.82, 2.24) is 23.9 Å². The molecule has 0 amide bonds. The van der Waals surface area contributed by atoms with Gasteiger partial charge in [0.25, 0.3) is 0 Å². The van der Waals surface area contributed by atoms with Crippen molar-refractivity contribution >= 4 is 21.6 Å². The maximum Gasteiger partial charge on any atom is 0.452 e. The number of hydrogen-bond donors (Lipinski definition) is 1. The number of carboxylic acids is 1. The Morgan fingerprint density at radius 1 is 1.11 bits per heavy atom. The van der Waals surface area contributed by atoms with Gasteiger partial charge in [0.15, 0.2) is 5.65 Å². The molecule has 0 aliphatic carbocycles. The van der Waals surface area contributed by atoms with E-state index in [0.717, 1.165) is 27.2 Å². The van der Waals surface area contributed by atoms with Gasteiger partial charge in [-0.1, -0.05) is 18.2 Å². The third-order valence-corrected chi connectivity index (χ3v) is 9.40. The third kappa shape index (κ3) is 6.77. The van der Waals surface area contributed by atoms with E-state index in [0.29, 0.717) is 34.2 Å². The van der Waals surface area contributed by atoms with E-state index in [1.54, 1.807) is 32.0 Å². The van der Waals surface area contributed by atoms with Crippen LogP contribution in [0.25, 0.3) is 5.65 Å². The number of nitrogens with zero attached hydrogens (tertiary/aromatic N) is 5. The van der Waals surface area contributed by atoms with Gasteiger partial charge in [0.05, 0.1) is 19.2 Å².